The fourth-order valence-electron chi connectivity index (χ4n) is 2.62. The molecule has 2 saturated carbocycles. The molecule has 94 valence electrons. The van der Waals surface area contributed by atoms with Crippen molar-refractivity contribution in [3.63, 3.8) is 0 Å². The largest absolute Gasteiger partial charge is 0.480 e. The smallest absolute Gasteiger partial charge is 0.326 e. The molecule has 2 fully saturated rings. The zero-order chi connectivity index (χ0) is 12.6. The highest BCUT2D eigenvalue weighted by molar-refractivity contribution is 5.89. The topological polar surface area (TPSA) is 109 Å². The molecule has 2 aliphatic rings. The zero-order valence-electron chi connectivity index (χ0n) is 9.39. The van der Waals surface area contributed by atoms with Gasteiger partial charge in [0.15, 0.2) is 0 Å². The number of hydrogen-bond acceptors (Lipinski definition) is 3. The molecule has 2 rings (SSSR count). The second-order valence-corrected chi connectivity index (χ2v) is 4.99. The molecular weight excluding hydrogens is 224 g/mol. The van der Waals surface area contributed by atoms with Gasteiger partial charge in [0.2, 0.25) is 11.8 Å². The third kappa shape index (κ3) is 2.75. The second kappa shape index (κ2) is 4.35. The molecule has 0 heterocycles. The average molecular weight is 240 g/mol. The van der Waals surface area contributed by atoms with E-state index >= 15 is 0 Å². The van der Waals surface area contributed by atoms with E-state index in [1.807, 2.05) is 0 Å². The van der Waals surface area contributed by atoms with Crippen LogP contribution < -0.4 is 11.1 Å². The first-order valence-corrected chi connectivity index (χ1v) is 5.79. The summed E-state index contributed by atoms with van der Waals surface area (Å²) in [4.78, 5) is 33.3. The molecule has 0 bridgehead atoms. The minimum Gasteiger partial charge on any atom is -0.480 e. The molecule has 0 saturated heterocycles. The van der Waals surface area contributed by atoms with Crippen LogP contribution in [0.5, 0.6) is 0 Å². The molecule has 2 unspecified atom stereocenters. The number of fused-ring (bicyclic) bond motifs is 1. The maximum absolute atomic E-state index is 11.8. The lowest BCUT2D eigenvalue weighted by Gasteiger charge is -2.17. The van der Waals surface area contributed by atoms with Gasteiger partial charge in [-0.05, 0) is 31.1 Å². The molecule has 6 heteroatoms. The highest BCUT2D eigenvalue weighted by Gasteiger charge is 2.48. The second-order valence-electron chi connectivity index (χ2n) is 4.99. The third-order valence-electron chi connectivity index (χ3n) is 3.63. The summed E-state index contributed by atoms with van der Waals surface area (Å²) in [5.41, 5.74) is 4.94. The molecule has 0 spiro atoms. The lowest BCUT2D eigenvalue weighted by atomic mass is 10.0. The zero-order valence-corrected chi connectivity index (χ0v) is 9.39. The van der Waals surface area contributed by atoms with Crippen molar-refractivity contribution in [2.75, 3.05) is 0 Å². The first-order chi connectivity index (χ1) is 7.97. The van der Waals surface area contributed by atoms with Crippen LogP contribution in [0.1, 0.15) is 25.7 Å². The van der Waals surface area contributed by atoms with Crippen LogP contribution in [-0.4, -0.2) is 28.9 Å². The van der Waals surface area contributed by atoms with Crippen LogP contribution in [0, 0.1) is 17.8 Å². The van der Waals surface area contributed by atoms with Crippen molar-refractivity contribution in [1.29, 1.82) is 0 Å². The van der Waals surface area contributed by atoms with Gasteiger partial charge in [0.1, 0.15) is 6.04 Å². The Balaban J connectivity index is 1.86. The van der Waals surface area contributed by atoms with Crippen molar-refractivity contribution in [3.8, 4) is 0 Å². The summed E-state index contributed by atoms with van der Waals surface area (Å²) in [5, 5.41) is 11.2. The lowest BCUT2D eigenvalue weighted by Crippen LogP contribution is -2.45. The maximum Gasteiger partial charge on any atom is 0.326 e. The van der Waals surface area contributed by atoms with Gasteiger partial charge in [-0.25, -0.2) is 4.79 Å². The lowest BCUT2D eigenvalue weighted by molar-refractivity contribution is -0.144. The molecule has 3 atom stereocenters. The van der Waals surface area contributed by atoms with Crippen molar-refractivity contribution in [1.82, 2.24) is 5.32 Å². The van der Waals surface area contributed by atoms with Crippen LogP contribution in [0.2, 0.25) is 0 Å². The van der Waals surface area contributed by atoms with E-state index in [1.165, 1.54) is 6.42 Å². The third-order valence-corrected chi connectivity index (χ3v) is 3.63. The van der Waals surface area contributed by atoms with E-state index in [0.717, 1.165) is 12.8 Å². The molecule has 2 amide bonds. The van der Waals surface area contributed by atoms with E-state index in [0.29, 0.717) is 11.8 Å². The Hall–Kier alpha value is -1.59. The minimum atomic E-state index is -1.22. The summed E-state index contributed by atoms with van der Waals surface area (Å²) in [7, 11) is 0. The standard InChI is InChI=1S/C11H16N2O4/c12-9(14)4-8(11(16)17)13-10(15)7-2-5-1-6(5)3-7/h5-8H,1-4H2,(H2,12,14)(H,13,15)(H,16,17)/t5?,6?,7?,8-/m0/s1. The monoisotopic (exact) mass is 240 g/mol. The Kier molecular flexibility index (Phi) is 3.04. The van der Waals surface area contributed by atoms with Crippen molar-refractivity contribution in [2.24, 2.45) is 23.5 Å². The van der Waals surface area contributed by atoms with Crippen LogP contribution in [-0.2, 0) is 14.4 Å². The van der Waals surface area contributed by atoms with Gasteiger partial charge in [-0.1, -0.05) is 0 Å². The number of nitrogens with two attached hydrogens (primary N) is 1. The molecule has 0 aromatic rings. The number of hydrogen-bond donors (Lipinski definition) is 3. The fraction of sp³-hybridized carbons (Fsp3) is 0.727. The average Bonchev–Trinajstić information content (AvgIpc) is 2.84. The van der Waals surface area contributed by atoms with Gasteiger partial charge < -0.3 is 16.2 Å². The minimum absolute atomic E-state index is 0.0894. The number of carbonyl (C=O) groups excluding carboxylic acids is 2. The predicted octanol–water partition coefficient (Wildman–Crippen LogP) is -0.523. The summed E-state index contributed by atoms with van der Waals surface area (Å²) >= 11 is 0. The number of rotatable bonds is 5. The molecule has 0 aromatic carbocycles. The van der Waals surface area contributed by atoms with Crippen LogP contribution in [0.15, 0.2) is 0 Å². The van der Waals surface area contributed by atoms with Gasteiger partial charge in [0.05, 0.1) is 6.42 Å². The van der Waals surface area contributed by atoms with Crippen LogP contribution in [0.3, 0.4) is 0 Å². The van der Waals surface area contributed by atoms with Crippen LogP contribution >= 0.6 is 0 Å². The molecule has 6 nitrogen and oxygen atoms in total. The summed E-state index contributed by atoms with van der Waals surface area (Å²) in [5.74, 6) is -0.984. The summed E-state index contributed by atoms with van der Waals surface area (Å²) in [6.45, 7) is 0. The number of amides is 2. The van der Waals surface area contributed by atoms with Crippen molar-refractivity contribution in [2.45, 2.75) is 31.7 Å². The summed E-state index contributed by atoms with van der Waals surface area (Å²) in [6, 6.07) is -1.20. The number of aliphatic carboxylic acids is 1. The number of primary amides is 1. The normalized spacial score (nSPS) is 31.4. The molecule has 0 aromatic heterocycles. The highest BCUT2D eigenvalue weighted by Crippen LogP contribution is 2.54. The molecular formula is C11H16N2O4. The van der Waals surface area contributed by atoms with E-state index in [2.05, 4.69) is 5.32 Å². The first-order valence-electron chi connectivity index (χ1n) is 5.79. The maximum atomic E-state index is 11.8. The Morgan fingerprint density at radius 1 is 1.24 bits per heavy atom. The van der Waals surface area contributed by atoms with Crippen LogP contribution in [0.4, 0.5) is 0 Å². The van der Waals surface area contributed by atoms with Gasteiger partial charge in [-0.3, -0.25) is 9.59 Å². The van der Waals surface area contributed by atoms with Gasteiger partial charge in [-0.2, -0.15) is 0 Å². The summed E-state index contributed by atoms with van der Waals surface area (Å²) < 4.78 is 0. The molecule has 2 aliphatic carbocycles. The Morgan fingerprint density at radius 3 is 2.29 bits per heavy atom. The Morgan fingerprint density at radius 2 is 1.82 bits per heavy atom. The van der Waals surface area contributed by atoms with Gasteiger partial charge >= 0.3 is 5.97 Å². The number of carboxylic acid groups (broad SMARTS) is 1. The molecule has 0 aliphatic heterocycles. The van der Waals surface area contributed by atoms with Gasteiger partial charge in [0, 0.05) is 5.92 Å². The quantitative estimate of drug-likeness (QED) is 0.600. The van der Waals surface area contributed by atoms with Crippen molar-refractivity contribution in [3.05, 3.63) is 0 Å². The molecule has 4 N–H and O–H groups in total. The number of carboxylic acids is 1. The van der Waals surface area contributed by atoms with Crippen molar-refractivity contribution >= 4 is 17.8 Å². The molecule has 0 radical (unpaired) electrons. The van der Waals surface area contributed by atoms with Crippen LogP contribution in [0.25, 0.3) is 0 Å². The SMILES string of the molecule is NC(=O)C[C@H](NC(=O)C1CC2CC2C1)C(=O)O. The van der Waals surface area contributed by atoms with E-state index in [1.54, 1.807) is 0 Å². The van der Waals surface area contributed by atoms with Gasteiger partial charge in [0.25, 0.3) is 0 Å². The van der Waals surface area contributed by atoms with Gasteiger partial charge in [-0.15, -0.1) is 0 Å². The first kappa shape index (κ1) is 11.9. The molecule has 17 heavy (non-hydrogen) atoms. The van der Waals surface area contributed by atoms with E-state index in [-0.39, 0.29) is 18.2 Å². The van der Waals surface area contributed by atoms with Crippen molar-refractivity contribution < 1.29 is 19.5 Å². The number of nitrogens with one attached hydrogen (secondary N) is 1. The Labute approximate surface area is 98.5 Å². The Bertz CT molecular complexity index is 358. The summed E-state index contributed by atoms with van der Waals surface area (Å²) in [6.07, 6.45) is 2.53. The number of carbonyl (C=O) groups is 3. The van der Waals surface area contributed by atoms with E-state index in [4.69, 9.17) is 10.8 Å². The fourth-order valence-corrected chi connectivity index (χ4v) is 2.62. The predicted molar refractivity (Wildman–Crippen MR) is 57.7 cm³/mol. The van der Waals surface area contributed by atoms with E-state index < -0.39 is 17.9 Å². The van der Waals surface area contributed by atoms with E-state index in [9.17, 15) is 14.4 Å². The highest BCUT2D eigenvalue weighted by atomic mass is 16.4.